The minimum Gasteiger partial charge on any atom is -0.321 e. The van der Waals surface area contributed by atoms with Crippen molar-refractivity contribution in [1.29, 1.82) is 0 Å². The molecule has 4 heteroatoms. The van der Waals surface area contributed by atoms with Crippen LogP contribution in [0.4, 0.5) is 0 Å². The second kappa shape index (κ2) is 4.27. The first-order valence-corrected chi connectivity index (χ1v) is 6.28. The second-order valence-corrected chi connectivity index (χ2v) is 5.57. The largest absolute Gasteiger partial charge is 0.321 e. The van der Waals surface area contributed by atoms with E-state index in [1.54, 1.807) is 6.33 Å². The van der Waals surface area contributed by atoms with Crippen molar-refractivity contribution in [2.75, 3.05) is 0 Å². The maximum Gasteiger partial charge on any atom is 0.0995 e. The molecule has 2 aromatic rings. The molecule has 2 N–H and O–H groups in total. The number of rotatable bonds is 2. The number of hydrogen-bond donors (Lipinski definition) is 1. The zero-order valence-electron chi connectivity index (χ0n) is 10.2. The van der Waals surface area contributed by atoms with Gasteiger partial charge in [0.05, 0.1) is 29.4 Å². The van der Waals surface area contributed by atoms with Crippen LogP contribution in [0.1, 0.15) is 25.1 Å². The Labute approximate surface area is 110 Å². The lowest BCUT2D eigenvalue weighted by Gasteiger charge is -2.21. The summed E-state index contributed by atoms with van der Waals surface area (Å²) >= 11 is 3.61. The molecular weight excluding hydrogens is 278 g/mol. The molecule has 0 fully saturated rings. The highest BCUT2D eigenvalue weighted by molar-refractivity contribution is 9.10. The minimum atomic E-state index is -0.417. The topological polar surface area (TPSA) is 43.8 Å². The summed E-state index contributed by atoms with van der Waals surface area (Å²) < 4.78 is 3.10. The molecule has 1 heterocycles. The standard InChI is InChI=1S/C13H16BrN3/c1-9-5-4-6-10(12(9)14)17-8-16-7-11(17)13(2,3)15/h4-8H,15H2,1-3H3. The van der Waals surface area contributed by atoms with Gasteiger partial charge in [0.2, 0.25) is 0 Å². The highest BCUT2D eigenvalue weighted by Crippen LogP contribution is 2.28. The summed E-state index contributed by atoms with van der Waals surface area (Å²) in [5.41, 5.74) is 8.98. The van der Waals surface area contributed by atoms with Crippen molar-refractivity contribution in [3.8, 4) is 5.69 Å². The Bertz CT molecular complexity index is 538. The maximum absolute atomic E-state index is 6.15. The molecule has 90 valence electrons. The summed E-state index contributed by atoms with van der Waals surface area (Å²) in [5.74, 6) is 0. The maximum atomic E-state index is 6.15. The Morgan fingerprint density at radius 3 is 2.71 bits per heavy atom. The molecule has 0 radical (unpaired) electrons. The number of nitrogens with zero attached hydrogens (tertiary/aromatic N) is 2. The third-order valence-corrected chi connectivity index (χ3v) is 3.76. The van der Waals surface area contributed by atoms with Crippen LogP contribution in [0.2, 0.25) is 0 Å². The van der Waals surface area contributed by atoms with Crippen molar-refractivity contribution >= 4 is 15.9 Å². The summed E-state index contributed by atoms with van der Waals surface area (Å²) in [5, 5.41) is 0. The van der Waals surface area contributed by atoms with Crippen molar-refractivity contribution in [2.45, 2.75) is 26.3 Å². The quantitative estimate of drug-likeness (QED) is 0.924. The van der Waals surface area contributed by atoms with Crippen LogP contribution in [0.15, 0.2) is 35.2 Å². The Balaban J connectivity index is 2.62. The molecule has 0 aliphatic carbocycles. The van der Waals surface area contributed by atoms with Gasteiger partial charge in [0.1, 0.15) is 0 Å². The first-order valence-electron chi connectivity index (χ1n) is 5.48. The molecule has 3 nitrogen and oxygen atoms in total. The second-order valence-electron chi connectivity index (χ2n) is 4.78. The molecule has 0 unspecified atom stereocenters. The Morgan fingerprint density at radius 1 is 1.35 bits per heavy atom. The van der Waals surface area contributed by atoms with E-state index in [-0.39, 0.29) is 0 Å². The van der Waals surface area contributed by atoms with Gasteiger partial charge in [0.25, 0.3) is 0 Å². The van der Waals surface area contributed by atoms with Crippen LogP contribution in [-0.2, 0) is 5.54 Å². The summed E-state index contributed by atoms with van der Waals surface area (Å²) in [6.07, 6.45) is 3.61. The number of halogens is 1. The first kappa shape index (κ1) is 12.3. The number of benzene rings is 1. The van der Waals surface area contributed by atoms with E-state index in [2.05, 4.69) is 33.9 Å². The lowest BCUT2D eigenvalue weighted by molar-refractivity contribution is 0.524. The number of aryl methyl sites for hydroxylation is 1. The Morgan fingerprint density at radius 2 is 2.06 bits per heavy atom. The van der Waals surface area contributed by atoms with Gasteiger partial charge in [-0.05, 0) is 48.3 Å². The van der Waals surface area contributed by atoms with Crippen LogP contribution in [0, 0.1) is 6.92 Å². The minimum absolute atomic E-state index is 0.417. The van der Waals surface area contributed by atoms with Crippen LogP contribution in [0.3, 0.4) is 0 Å². The lowest BCUT2D eigenvalue weighted by atomic mass is 10.0. The van der Waals surface area contributed by atoms with E-state index in [4.69, 9.17) is 5.73 Å². The third kappa shape index (κ3) is 2.28. The molecule has 0 saturated heterocycles. The molecule has 2 rings (SSSR count). The van der Waals surface area contributed by atoms with E-state index in [9.17, 15) is 0 Å². The number of aromatic nitrogens is 2. The summed E-state index contributed by atoms with van der Waals surface area (Å²) in [4.78, 5) is 4.20. The number of hydrogen-bond acceptors (Lipinski definition) is 2. The van der Waals surface area contributed by atoms with Crippen LogP contribution in [0.25, 0.3) is 5.69 Å². The third-order valence-electron chi connectivity index (χ3n) is 2.73. The fourth-order valence-electron chi connectivity index (χ4n) is 1.78. The van der Waals surface area contributed by atoms with Gasteiger partial charge in [-0.1, -0.05) is 12.1 Å². The highest BCUT2D eigenvalue weighted by atomic mass is 79.9. The normalized spacial score (nSPS) is 11.8. The molecular formula is C13H16BrN3. The van der Waals surface area contributed by atoms with E-state index < -0.39 is 5.54 Å². The molecule has 17 heavy (non-hydrogen) atoms. The molecule has 1 aromatic carbocycles. The van der Waals surface area contributed by atoms with E-state index in [1.165, 1.54) is 5.56 Å². The van der Waals surface area contributed by atoms with Crippen molar-refractivity contribution in [2.24, 2.45) is 5.73 Å². The lowest BCUT2D eigenvalue weighted by Crippen LogP contribution is -2.31. The zero-order valence-corrected chi connectivity index (χ0v) is 11.8. The molecule has 0 amide bonds. The Kier molecular flexibility index (Phi) is 3.10. The number of nitrogens with two attached hydrogens (primary N) is 1. The summed E-state index contributed by atoms with van der Waals surface area (Å²) in [6.45, 7) is 6.02. The van der Waals surface area contributed by atoms with Crippen LogP contribution >= 0.6 is 15.9 Å². The van der Waals surface area contributed by atoms with Crippen molar-refractivity contribution in [3.05, 3.63) is 46.5 Å². The summed E-state index contributed by atoms with van der Waals surface area (Å²) in [7, 11) is 0. The van der Waals surface area contributed by atoms with Crippen molar-refractivity contribution < 1.29 is 0 Å². The average molecular weight is 294 g/mol. The molecule has 0 aliphatic rings. The highest BCUT2D eigenvalue weighted by Gasteiger charge is 2.20. The fourth-order valence-corrected chi connectivity index (χ4v) is 2.24. The zero-order chi connectivity index (χ0) is 12.6. The molecule has 0 bridgehead atoms. The van der Waals surface area contributed by atoms with Gasteiger partial charge in [-0.2, -0.15) is 0 Å². The van der Waals surface area contributed by atoms with Gasteiger partial charge in [-0.25, -0.2) is 4.98 Å². The smallest absolute Gasteiger partial charge is 0.0995 e. The molecule has 0 saturated carbocycles. The van der Waals surface area contributed by atoms with Crippen molar-refractivity contribution in [3.63, 3.8) is 0 Å². The summed E-state index contributed by atoms with van der Waals surface area (Å²) in [6, 6.07) is 6.15. The van der Waals surface area contributed by atoms with E-state index >= 15 is 0 Å². The van der Waals surface area contributed by atoms with E-state index in [1.807, 2.05) is 36.7 Å². The van der Waals surface area contributed by atoms with E-state index in [0.717, 1.165) is 15.9 Å². The van der Waals surface area contributed by atoms with Gasteiger partial charge in [0, 0.05) is 4.47 Å². The number of imidazole rings is 1. The van der Waals surface area contributed by atoms with Crippen LogP contribution < -0.4 is 5.73 Å². The van der Waals surface area contributed by atoms with Gasteiger partial charge in [-0.3, -0.25) is 0 Å². The van der Waals surface area contributed by atoms with E-state index in [0.29, 0.717) is 0 Å². The average Bonchev–Trinajstić information content (AvgIpc) is 2.70. The van der Waals surface area contributed by atoms with Crippen LogP contribution in [-0.4, -0.2) is 9.55 Å². The monoisotopic (exact) mass is 293 g/mol. The molecule has 1 aromatic heterocycles. The fraction of sp³-hybridized carbons (Fsp3) is 0.308. The van der Waals surface area contributed by atoms with Gasteiger partial charge >= 0.3 is 0 Å². The van der Waals surface area contributed by atoms with Gasteiger partial charge in [0.15, 0.2) is 0 Å². The first-order chi connectivity index (χ1) is 7.91. The van der Waals surface area contributed by atoms with Gasteiger partial charge < -0.3 is 10.3 Å². The molecule has 0 spiro atoms. The van der Waals surface area contributed by atoms with Gasteiger partial charge in [-0.15, -0.1) is 0 Å². The Hall–Kier alpha value is -1.13. The SMILES string of the molecule is Cc1cccc(-n2cncc2C(C)(C)N)c1Br. The molecule has 0 atom stereocenters. The predicted molar refractivity (Wildman–Crippen MR) is 73.2 cm³/mol. The van der Waals surface area contributed by atoms with Crippen LogP contribution in [0.5, 0.6) is 0 Å². The van der Waals surface area contributed by atoms with Crippen molar-refractivity contribution in [1.82, 2.24) is 9.55 Å². The predicted octanol–water partition coefficient (Wildman–Crippen LogP) is 3.14. The molecule has 0 aliphatic heterocycles.